The zero-order valence-electron chi connectivity index (χ0n) is 15.4. The second-order valence-electron chi connectivity index (χ2n) is 6.43. The maximum absolute atomic E-state index is 12.9. The SMILES string of the molecule is COc1ccc(Cl)cc1S(=O)(=O)Nc1ccc2c(c1)N(C(=O)c1cccs1)CC2. The maximum Gasteiger partial charge on any atom is 0.268 e. The Morgan fingerprint density at radius 1 is 1.21 bits per heavy atom. The Kier molecular flexibility index (Phi) is 5.24. The molecule has 3 aromatic rings. The van der Waals surface area contributed by atoms with Gasteiger partial charge in [-0.05, 0) is 53.8 Å². The number of anilines is 2. The third kappa shape index (κ3) is 3.83. The Bertz CT molecular complexity index is 1180. The van der Waals surface area contributed by atoms with Crippen LogP contribution < -0.4 is 14.4 Å². The maximum atomic E-state index is 12.9. The van der Waals surface area contributed by atoms with Gasteiger partial charge < -0.3 is 9.64 Å². The lowest BCUT2D eigenvalue weighted by atomic mass is 10.1. The van der Waals surface area contributed by atoms with Crippen LogP contribution in [0, 0.1) is 0 Å². The quantitative estimate of drug-likeness (QED) is 0.627. The second kappa shape index (κ2) is 7.70. The summed E-state index contributed by atoms with van der Waals surface area (Å²) in [5.41, 5.74) is 2.07. The van der Waals surface area contributed by atoms with Crippen LogP contribution in [-0.4, -0.2) is 28.0 Å². The fourth-order valence-electron chi connectivity index (χ4n) is 3.26. The summed E-state index contributed by atoms with van der Waals surface area (Å²) in [5.74, 6) is 0.104. The molecule has 0 unspecified atom stereocenters. The van der Waals surface area contributed by atoms with Crippen LogP contribution in [-0.2, 0) is 16.4 Å². The largest absolute Gasteiger partial charge is 0.495 e. The standard InChI is InChI=1S/C20H17ClN2O4S2/c1-27-17-7-5-14(21)11-19(17)29(25,26)22-15-6-4-13-8-9-23(16(13)12-15)20(24)18-3-2-10-28-18/h2-7,10-12,22H,8-9H2,1H3. The number of carbonyl (C=O) groups excluding carboxylic acids is 1. The molecule has 1 aliphatic rings. The Hall–Kier alpha value is -2.55. The number of thiophene rings is 1. The fourth-order valence-corrected chi connectivity index (χ4v) is 5.41. The molecule has 0 spiro atoms. The van der Waals surface area contributed by atoms with E-state index in [4.69, 9.17) is 16.3 Å². The van der Waals surface area contributed by atoms with Gasteiger partial charge in [0.25, 0.3) is 15.9 Å². The molecule has 1 aromatic heterocycles. The van der Waals surface area contributed by atoms with E-state index in [-0.39, 0.29) is 21.6 Å². The van der Waals surface area contributed by atoms with Gasteiger partial charge >= 0.3 is 0 Å². The molecule has 0 aliphatic carbocycles. The summed E-state index contributed by atoms with van der Waals surface area (Å²) in [7, 11) is -2.54. The second-order valence-corrected chi connectivity index (χ2v) is 9.46. The van der Waals surface area contributed by atoms with Gasteiger partial charge in [0.05, 0.1) is 17.7 Å². The number of hydrogen-bond donors (Lipinski definition) is 1. The fraction of sp³-hybridized carbons (Fsp3) is 0.150. The van der Waals surface area contributed by atoms with E-state index in [9.17, 15) is 13.2 Å². The Labute approximate surface area is 177 Å². The molecule has 1 N–H and O–H groups in total. The third-order valence-electron chi connectivity index (χ3n) is 4.63. The molecular formula is C20H17ClN2O4S2. The highest BCUT2D eigenvalue weighted by Gasteiger charge is 2.27. The van der Waals surface area contributed by atoms with E-state index >= 15 is 0 Å². The van der Waals surface area contributed by atoms with E-state index in [0.29, 0.717) is 22.8 Å². The Morgan fingerprint density at radius 2 is 2.03 bits per heavy atom. The number of nitrogens with one attached hydrogen (secondary N) is 1. The molecule has 4 rings (SSSR count). The number of carbonyl (C=O) groups is 1. The van der Waals surface area contributed by atoms with Crippen LogP contribution in [0.25, 0.3) is 0 Å². The molecule has 0 fully saturated rings. The lowest BCUT2D eigenvalue weighted by Gasteiger charge is -2.18. The van der Waals surface area contributed by atoms with Crippen LogP contribution in [0.4, 0.5) is 11.4 Å². The average Bonchev–Trinajstić information content (AvgIpc) is 3.37. The van der Waals surface area contributed by atoms with Gasteiger partial charge in [-0.25, -0.2) is 8.42 Å². The molecule has 0 saturated heterocycles. The number of benzene rings is 2. The average molecular weight is 449 g/mol. The molecule has 6 nitrogen and oxygen atoms in total. The van der Waals surface area contributed by atoms with Crippen LogP contribution in [0.15, 0.2) is 58.8 Å². The topological polar surface area (TPSA) is 75.7 Å². The highest BCUT2D eigenvalue weighted by atomic mass is 35.5. The van der Waals surface area contributed by atoms with Crippen molar-refractivity contribution in [3.8, 4) is 5.75 Å². The summed E-state index contributed by atoms with van der Waals surface area (Å²) in [5, 5.41) is 2.14. The van der Waals surface area contributed by atoms with Crippen molar-refractivity contribution in [2.45, 2.75) is 11.3 Å². The molecule has 1 aliphatic heterocycles. The smallest absolute Gasteiger partial charge is 0.268 e. The van der Waals surface area contributed by atoms with E-state index in [0.717, 1.165) is 12.0 Å². The molecule has 0 bridgehead atoms. The lowest BCUT2D eigenvalue weighted by Crippen LogP contribution is -2.28. The van der Waals surface area contributed by atoms with Crippen molar-refractivity contribution < 1.29 is 17.9 Å². The first kappa shape index (κ1) is 19.8. The van der Waals surface area contributed by atoms with Gasteiger partial charge in [0.1, 0.15) is 10.6 Å². The number of ether oxygens (including phenoxy) is 1. The summed E-state index contributed by atoms with van der Waals surface area (Å²) >= 11 is 7.35. The van der Waals surface area contributed by atoms with Crippen molar-refractivity contribution in [3.05, 3.63) is 69.4 Å². The van der Waals surface area contributed by atoms with E-state index in [1.807, 2.05) is 17.5 Å². The molecule has 29 heavy (non-hydrogen) atoms. The van der Waals surface area contributed by atoms with Gasteiger partial charge in [-0.3, -0.25) is 9.52 Å². The van der Waals surface area contributed by atoms with Crippen LogP contribution in [0.3, 0.4) is 0 Å². The summed E-state index contributed by atoms with van der Waals surface area (Å²) in [6.07, 6.45) is 0.724. The number of nitrogens with zero attached hydrogens (tertiary/aromatic N) is 1. The van der Waals surface area contributed by atoms with Gasteiger partial charge in [-0.2, -0.15) is 0 Å². The van der Waals surface area contributed by atoms with Gasteiger partial charge in [-0.15, -0.1) is 11.3 Å². The number of halogens is 1. The van der Waals surface area contributed by atoms with Crippen molar-refractivity contribution in [3.63, 3.8) is 0 Å². The molecule has 0 saturated carbocycles. The van der Waals surface area contributed by atoms with Gasteiger partial charge in [-0.1, -0.05) is 23.7 Å². The molecule has 0 radical (unpaired) electrons. The van der Waals surface area contributed by atoms with E-state index in [1.54, 1.807) is 29.2 Å². The number of methoxy groups -OCH3 is 1. The molecule has 2 aromatic carbocycles. The van der Waals surface area contributed by atoms with Crippen molar-refractivity contribution in [1.29, 1.82) is 0 Å². The number of hydrogen-bond acceptors (Lipinski definition) is 5. The van der Waals surface area contributed by atoms with Gasteiger partial charge in [0.15, 0.2) is 0 Å². The minimum absolute atomic E-state index is 0.0560. The highest BCUT2D eigenvalue weighted by molar-refractivity contribution is 7.92. The van der Waals surface area contributed by atoms with Crippen molar-refractivity contribution in [2.75, 3.05) is 23.3 Å². The minimum Gasteiger partial charge on any atom is -0.495 e. The first-order valence-electron chi connectivity index (χ1n) is 8.74. The lowest BCUT2D eigenvalue weighted by molar-refractivity contribution is 0.0993. The summed E-state index contributed by atoms with van der Waals surface area (Å²) in [6, 6.07) is 13.2. The predicted molar refractivity (Wildman–Crippen MR) is 115 cm³/mol. The third-order valence-corrected chi connectivity index (χ3v) is 7.12. The minimum atomic E-state index is -3.94. The van der Waals surface area contributed by atoms with Crippen molar-refractivity contribution in [1.82, 2.24) is 0 Å². The number of fused-ring (bicyclic) bond motifs is 1. The van der Waals surface area contributed by atoms with Crippen molar-refractivity contribution >= 4 is 50.2 Å². The van der Waals surface area contributed by atoms with Crippen molar-refractivity contribution in [2.24, 2.45) is 0 Å². The molecule has 1 amide bonds. The molecular weight excluding hydrogens is 432 g/mol. The summed E-state index contributed by atoms with van der Waals surface area (Å²) in [4.78, 5) is 15.0. The number of sulfonamides is 1. The van der Waals surface area contributed by atoms with Gasteiger partial charge in [0.2, 0.25) is 0 Å². The Balaban J connectivity index is 1.66. The summed E-state index contributed by atoms with van der Waals surface area (Å²) in [6.45, 7) is 0.560. The van der Waals surface area contributed by atoms with Crippen LogP contribution in [0.5, 0.6) is 5.75 Å². The van der Waals surface area contributed by atoms with Crippen LogP contribution in [0.2, 0.25) is 5.02 Å². The van der Waals surface area contributed by atoms with E-state index in [2.05, 4.69) is 4.72 Å². The zero-order chi connectivity index (χ0) is 20.6. The zero-order valence-corrected chi connectivity index (χ0v) is 17.8. The molecule has 150 valence electrons. The summed E-state index contributed by atoms with van der Waals surface area (Å²) < 4.78 is 33.5. The molecule has 9 heteroatoms. The monoisotopic (exact) mass is 448 g/mol. The Morgan fingerprint density at radius 3 is 2.76 bits per heavy atom. The van der Waals surface area contributed by atoms with E-state index in [1.165, 1.54) is 30.6 Å². The van der Waals surface area contributed by atoms with E-state index < -0.39 is 10.0 Å². The highest BCUT2D eigenvalue weighted by Crippen LogP contribution is 2.34. The number of amides is 1. The molecule has 0 atom stereocenters. The predicted octanol–water partition coefficient (Wildman–Crippen LogP) is 4.41. The first-order valence-corrected chi connectivity index (χ1v) is 11.5. The normalized spacial score (nSPS) is 13.2. The van der Waals surface area contributed by atoms with Gasteiger partial charge in [0, 0.05) is 17.3 Å². The number of rotatable bonds is 5. The van der Waals surface area contributed by atoms with Crippen LogP contribution >= 0.6 is 22.9 Å². The first-order chi connectivity index (χ1) is 13.9. The van der Waals surface area contributed by atoms with Crippen LogP contribution in [0.1, 0.15) is 15.2 Å². The molecule has 2 heterocycles.